The quantitative estimate of drug-likeness (QED) is 0.380. The molecule has 0 aliphatic heterocycles. The van der Waals surface area contributed by atoms with Gasteiger partial charge in [0.1, 0.15) is 4.90 Å². The Morgan fingerprint density at radius 1 is 1.58 bits per heavy atom. The normalized spacial score (nSPS) is 9.83. The van der Waals surface area contributed by atoms with Crippen molar-refractivity contribution in [1.29, 1.82) is 0 Å². The predicted octanol–water partition coefficient (Wildman–Crippen LogP) is -3.44. The molecule has 66 valence electrons. The van der Waals surface area contributed by atoms with Gasteiger partial charge in [0.25, 0.3) is 10.1 Å². The molecule has 0 unspecified atom stereocenters. The van der Waals surface area contributed by atoms with Crippen molar-refractivity contribution in [2.45, 2.75) is 4.90 Å². The van der Waals surface area contributed by atoms with Crippen LogP contribution < -0.4 is 29.6 Å². The van der Waals surface area contributed by atoms with Crippen molar-refractivity contribution in [3.63, 3.8) is 0 Å². The standard InChI is InChI=1S/C5H7NO3S.Na.H2O.H/c1-6-3-2-5(4-6)10(7,8)9;;;/h2-4H,1H3,(H,7,8,9);;1H2;/q;+1;;-1. The Bertz CT molecular complexity index is 336. The van der Waals surface area contributed by atoms with E-state index in [2.05, 4.69) is 0 Å². The van der Waals surface area contributed by atoms with Crippen molar-refractivity contribution in [1.82, 2.24) is 4.57 Å². The molecular formula is C5H10NNaO4S. The van der Waals surface area contributed by atoms with Crippen LogP contribution in [0, 0.1) is 0 Å². The topological polar surface area (TPSA) is 90.8 Å². The molecule has 1 aromatic rings. The van der Waals surface area contributed by atoms with Gasteiger partial charge in [0.05, 0.1) is 0 Å². The minimum atomic E-state index is -4.00. The monoisotopic (exact) mass is 203 g/mol. The Hall–Kier alpha value is 0.150. The third-order valence-electron chi connectivity index (χ3n) is 1.10. The van der Waals surface area contributed by atoms with E-state index in [1.807, 2.05) is 0 Å². The smallest absolute Gasteiger partial charge is 1.00 e. The van der Waals surface area contributed by atoms with Crippen molar-refractivity contribution in [2.75, 3.05) is 0 Å². The van der Waals surface area contributed by atoms with Gasteiger partial charge in [0, 0.05) is 19.4 Å². The van der Waals surface area contributed by atoms with Crippen LogP contribution in [0.2, 0.25) is 0 Å². The van der Waals surface area contributed by atoms with Crippen LogP contribution in [-0.4, -0.2) is 23.0 Å². The van der Waals surface area contributed by atoms with Gasteiger partial charge in [-0.1, -0.05) is 0 Å². The van der Waals surface area contributed by atoms with E-state index in [4.69, 9.17) is 4.55 Å². The van der Waals surface area contributed by atoms with Crippen LogP contribution in [0.25, 0.3) is 0 Å². The average Bonchev–Trinajstić information content (AvgIpc) is 2.11. The van der Waals surface area contributed by atoms with E-state index >= 15 is 0 Å². The summed E-state index contributed by atoms with van der Waals surface area (Å²) in [7, 11) is -2.33. The molecule has 1 rings (SSSR count). The summed E-state index contributed by atoms with van der Waals surface area (Å²) in [5.41, 5.74) is 0. The minimum Gasteiger partial charge on any atom is -1.00 e. The maximum absolute atomic E-state index is 10.4. The third-order valence-corrected chi connectivity index (χ3v) is 1.94. The van der Waals surface area contributed by atoms with Gasteiger partial charge in [-0.15, -0.1) is 0 Å². The fraction of sp³-hybridized carbons (Fsp3) is 0.200. The van der Waals surface area contributed by atoms with Gasteiger partial charge in [-0.3, -0.25) is 4.55 Å². The van der Waals surface area contributed by atoms with Crippen LogP contribution in [0.1, 0.15) is 1.43 Å². The molecule has 5 nitrogen and oxygen atoms in total. The zero-order chi connectivity index (χ0) is 7.78. The Morgan fingerprint density at radius 3 is 2.25 bits per heavy atom. The number of aromatic nitrogens is 1. The van der Waals surface area contributed by atoms with Crippen LogP contribution in [-0.2, 0) is 17.2 Å². The largest absolute Gasteiger partial charge is 1.00 e. The summed E-state index contributed by atoms with van der Waals surface area (Å²) in [4.78, 5) is -0.0741. The van der Waals surface area contributed by atoms with Crippen LogP contribution in [0.3, 0.4) is 0 Å². The van der Waals surface area contributed by atoms with Crippen molar-refractivity contribution >= 4 is 10.1 Å². The first-order chi connectivity index (χ1) is 4.50. The summed E-state index contributed by atoms with van der Waals surface area (Å²) >= 11 is 0. The minimum absolute atomic E-state index is 0. The second-order valence-electron chi connectivity index (χ2n) is 1.99. The molecule has 1 aromatic heterocycles. The molecule has 0 aliphatic rings. The first kappa shape index (κ1) is 14.7. The molecular weight excluding hydrogens is 193 g/mol. The predicted molar refractivity (Wildman–Crippen MR) is 40.0 cm³/mol. The fourth-order valence-electron chi connectivity index (χ4n) is 0.630. The molecule has 0 saturated heterocycles. The number of nitrogens with zero attached hydrogens (tertiary/aromatic N) is 1. The van der Waals surface area contributed by atoms with Gasteiger partial charge in [-0.05, 0) is 6.07 Å². The second-order valence-corrected chi connectivity index (χ2v) is 3.41. The summed E-state index contributed by atoms with van der Waals surface area (Å²) in [6.45, 7) is 0. The molecule has 0 radical (unpaired) electrons. The fourth-order valence-corrected chi connectivity index (χ4v) is 1.16. The van der Waals surface area contributed by atoms with E-state index in [-0.39, 0.29) is 41.4 Å². The van der Waals surface area contributed by atoms with Crippen LogP contribution in [0.4, 0.5) is 0 Å². The van der Waals surface area contributed by atoms with Gasteiger partial charge in [0.15, 0.2) is 0 Å². The van der Waals surface area contributed by atoms with Crippen LogP contribution in [0.15, 0.2) is 23.4 Å². The van der Waals surface area contributed by atoms with Gasteiger partial charge in [-0.25, -0.2) is 0 Å². The Labute approximate surface area is 94.2 Å². The molecule has 0 bridgehead atoms. The van der Waals surface area contributed by atoms with Crippen molar-refractivity contribution in [3.05, 3.63) is 18.5 Å². The van der Waals surface area contributed by atoms with E-state index < -0.39 is 10.1 Å². The number of aryl methyl sites for hydroxylation is 1. The van der Waals surface area contributed by atoms with Crippen molar-refractivity contribution in [3.8, 4) is 0 Å². The molecule has 0 fully saturated rings. The van der Waals surface area contributed by atoms with Crippen molar-refractivity contribution < 1.29 is 49.4 Å². The molecule has 1 heterocycles. The number of rotatable bonds is 1. The van der Waals surface area contributed by atoms with Crippen LogP contribution >= 0.6 is 0 Å². The zero-order valence-electron chi connectivity index (χ0n) is 7.85. The molecule has 12 heavy (non-hydrogen) atoms. The average molecular weight is 203 g/mol. The molecule has 0 aliphatic carbocycles. The van der Waals surface area contributed by atoms with E-state index in [0.717, 1.165) is 0 Å². The molecule has 0 saturated carbocycles. The Kier molecular flexibility index (Phi) is 6.11. The van der Waals surface area contributed by atoms with Gasteiger partial charge in [0.2, 0.25) is 0 Å². The first-order valence-electron chi connectivity index (χ1n) is 2.59. The molecule has 0 atom stereocenters. The summed E-state index contributed by atoms with van der Waals surface area (Å²) in [6, 6.07) is 1.33. The molecule has 3 N–H and O–H groups in total. The van der Waals surface area contributed by atoms with Gasteiger partial charge >= 0.3 is 29.6 Å². The van der Waals surface area contributed by atoms with E-state index in [0.29, 0.717) is 0 Å². The second kappa shape index (κ2) is 5.00. The maximum Gasteiger partial charge on any atom is 1.00 e. The maximum atomic E-state index is 10.4. The zero-order valence-corrected chi connectivity index (χ0v) is 9.67. The van der Waals surface area contributed by atoms with E-state index in [1.165, 1.54) is 12.3 Å². The molecule has 7 heteroatoms. The Morgan fingerprint density at radius 2 is 2.08 bits per heavy atom. The summed E-state index contributed by atoms with van der Waals surface area (Å²) in [5.74, 6) is 0. The van der Waals surface area contributed by atoms with E-state index in [9.17, 15) is 8.42 Å². The van der Waals surface area contributed by atoms with Crippen LogP contribution in [0.5, 0.6) is 0 Å². The third kappa shape index (κ3) is 3.70. The first-order valence-corrected chi connectivity index (χ1v) is 4.03. The molecule has 0 spiro atoms. The number of hydrogen-bond donors (Lipinski definition) is 1. The SMILES string of the molecule is Cn1ccc(S(=O)(=O)O)c1.O.[H-].[Na+]. The van der Waals surface area contributed by atoms with Gasteiger partial charge < -0.3 is 11.5 Å². The molecule has 0 aromatic carbocycles. The summed E-state index contributed by atoms with van der Waals surface area (Å²) < 4.78 is 30.8. The summed E-state index contributed by atoms with van der Waals surface area (Å²) in [5, 5.41) is 0. The number of hydrogen-bond acceptors (Lipinski definition) is 2. The summed E-state index contributed by atoms with van der Waals surface area (Å²) in [6.07, 6.45) is 2.87. The molecule has 0 amide bonds. The Balaban J connectivity index is -0.000000333. The van der Waals surface area contributed by atoms with Gasteiger partial charge in [-0.2, -0.15) is 8.42 Å². The van der Waals surface area contributed by atoms with E-state index in [1.54, 1.807) is 17.8 Å². The van der Waals surface area contributed by atoms with Crippen molar-refractivity contribution in [2.24, 2.45) is 7.05 Å².